The second kappa shape index (κ2) is 6.36. The Kier molecular flexibility index (Phi) is 4.52. The van der Waals surface area contributed by atoms with Crippen LogP contribution >= 0.6 is 23.5 Å². The van der Waals surface area contributed by atoms with Crippen LogP contribution in [0.3, 0.4) is 0 Å². The van der Waals surface area contributed by atoms with Crippen molar-refractivity contribution in [3.05, 3.63) is 11.9 Å². The zero-order valence-corrected chi connectivity index (χ0v) is 13.3. The average Bonchev–Trinajstić information content (AvgIpc) is 2.81. The summed E-state index contributed by atoms with van der Waals surface area (Å²) in [5.41, 5.74) is 1.41. The summed E-state index contributed by atoms with van der Waals surface area (Å²) in [6.45, 7) is 2.36. The predicted molar refractivity (Wildman–Crippen MR) is 83.0 cm³/mol. The van der Waals surface area contributed by atoms with E-state index >= 15 is 0 Å². The van der Waals surface area contributed by atoms with Crippen LogP contribution in [0.4, 0.5) is 0 Å². The molecule has 0 spiro atoms. The molecule has 3 unspecified atom stereocenters. The fraction of sp³-hybridized carbons (Fsp3) is 0.667. The Bertz CT molecular complexity index is 526. The van der Waals surface area contributed by atoms with E-state index in [4.69, 9.17) is 5.26 Å². The fourth-order valence-electron chi connectivity index (χ4n) is 3.14. The zero-order valence-electron chi connectivity index (χ0n) is 11.7. The summed E-state index contributed by atoms with van der Waals surface area (Å²) in [5.74, 6) is 2.48. The molecule has 2 heterocycles. The third kappa shape index (κ3) is 2.82. The maximum Gasteiger partial charge on any atom is 0.118 e. The van der Waals surface area contributed by atoms with Crippen LogP contribution in [0.25, 0.3) is 0 Å². The lowest BCUT2D eigenvalue weighted by atomic mass is 9.80. The zero-order chi connectivity index (χ0) is 13.9. The van der Waals surface area contributed by atoms with Gasteiger partial charge in [0, 0.05) is 28.9 Å². The van der Waals surface area contributed by atoms with Gasteiger partial charge in [-0.2, -0.15) is 5.26 Å². The lowest BCUT2D eigenvalue weighted by Gasteiger charge is -2.29. The predicted octanol–water partition coefficient (Wildman–Crippen LogP) is 4.25. The Morgan fingerprint density at radius 2 is 2.35 bits per heavy atom. The van der Waals surface area contributed by atoms with Gasteiger partial charge in [-0.15, -0.1) is 23.5 Å². The molecule has 106 valence electrons. The monoisotopic (exact) mass is 305 g/mol. The van der Waals surface area contributed by atoms with Gasteiger partial charge in [-0.3, -0.25) is 0 Å². The van der Waals surface area contributed by atoms with Gasteiger partial charge in [-0.05, 0) is 25.2 Å². The van der Waals surface area contributed by atoms with Crippen LogP contribution in [0.5, 0.6) is 0 Å². The molecule has 1 aliphatic carbocycles. The van der Waals surface area contributed by atoms with Gasteiger partial charge in [0.25, 0.3) is 0 Å². The lowest BCUT2D eigenvalue weighted by Crippen LogP contribution is -2.21. The van der Waals surface area contributed by atoms with Crippen LogP contribution in [0, 0.1) is 17.2 Å². The molecule has 5 heteroatoms. The molecule has 3 atom stereocenters. The summed E-state index contributed by atoms with van der Waals surface area (Å²) >= 11 is 3.77. The molecule has 3 rings (SSSR count). The van der Waals surface area contributed by atoms with E-state index in [0.717, 1.165) is 18.1 Å². The van der Waals surface area contributed by atoms with Crippen molar-refractivity contribution in [3.63, 3.8) is 0 Å². The molecule has 1 aromatic heterocycles. The van der Waals surface area contributed by atoms with Crippen LogP contribution in [0.1, 0.15) is 50.5 Å². The second-order valence-electron chi connectivity index (χ2n) is 5.69. The van der Waals surface area contributed by atoms with Gasteiger partial charge >= 0.3 is 0 Å². The molecule has 0 aromatic carbocycles. The van der Waals surface area contributed by atoms with Gasteiger partial charge < -0.3 is 0 Å². The average molecular weight is 305 g/mol. The van der Waals surface area contributed by atoms with E-state index in [0.29, 0.717) is 17.6 Å². The molecule has 1 fully saturated rings. The maximum absolute atomic E-state index is 8.61. The molecule has 0 amide bonds. The van der Waals surface area contributed by atoms with E-state index in [2.05, 4.69) is 23.0 Å². The number of fused-ring (bicyclic) bond motifs is 3. The molecule has 2 aliphatic rings. The molecular weight excluding hydrogens is 286 g/mol. The minimum absolute atomic E-state index is 0.637. The molecule has 1 aromatic rings. The number of unbranched alkanes of at least 4 members (excludes halogenated alkanes) is 1. The van der Waals surface area contributed by atoms with E-state index in [1.54, 1.807) is 18.1 Å². The molecule has 0 N–H and O–H groups in total. The summed E-state index contributed by atoms with van der Waals surface area (Å²) in [6, 6.07) is 2.21. The van der Waals surface area contributed by atoms with Crippen molar-refractivity contribution in [2.75, 3.05) is 5.75 Å². The quantitative estimate of drug-likeness (QED) is 0.473. The minimum atomic E-state index is 0.637. The third-order valence-electron chi connectivity index (χ3n) is 4.17. The maximum atomic E-state index is 8.61. The first-order valence-electron chi connectivity index (χ1n) is 7.31. The smallest absolute Gasteiger partial charge is 0.118 e. The molecule has 1 aliphatic heterocycles. The molecule has 3 nitrogen and oxygen atoms in total. The lowest BCUT2D eigenvalue weighted by molar-refractivity contribution is 0.358. The Hall–Kier alpha value is -0.730. The van der Waals surface area contributed by atoms with Crippen LogP contribution in [-0.4, -0.2) is 21.0 Å². The van der Waals surface area contributed by atoms with Crippen molar-refractivity contribution in [2.45, 2.75) is 60.2 Å². The largest absolute Gasteiger partial charge is 0.230 e. The normalized spacial score (nSPS) is 27.7. The topological polar surface area (TPSA) is 49.6 Å². The fourth-order valence-corrected chi connectivity index (χ4v) is 5.85. The highest BCUT2D eigenvalue weighted by Crippen LogP contribution is 2.54. The van der Waals surface area contributed by atoms with Crippen molar-refractivity contribution in [3.8, 4) is 6.07 Å². The second-order valence-corrected chi connectivity index (χ2v) is 8.00. The van der Waals surface area contributed by atoms with Gasteiger partial charge in [0.15, 0.2) is 0 Å². The highest BCUT2D eigenvalue weighted by Gasteiger charge is 2.40. The van der Waals surface area contributed by atoms with Crippen LogP contribution in [0.2, 0.25) is 0 Å². The third-order valence-corrected chi connectivity index (χ3v) is 6.63. The molecule has 0 radical (unpaired) electrons. The molecule has 20 heavy (non-hydrogen) atoms. The van der Waals surface area contributed by atoms with E-state index < -0.39 is 0 Å². The number of nitriles is 1. The van der Waals surface area contributed by atoms with Crippen molar-refractivity contribution >= 4 is 23.5 Å². The van der Waals surface area contributed by atoms with Crippen LogP contribution in [-0.2, 0) is 0 Å². The van der Waals surface area contributed by atoms with Crippen LogP contribution < -0.4 is 0 Å². The summed E-state index contributed by atoms with van der Waals surface area (Å²) in [6.07, 6.45) is 7.21. The van der Waals surface area contributed by atoms with Crippen molar-refractivity contribution < 1.29 is 0 Å². The Labute approximate surface area is 129 Å². The van der Waals surface area contributed by atoms with E-state index in [1.807, 2.05) is 11.8 Å². The van der Waals surface area contributed by atoms with E-state index in [-0.39, 0.29) is 0 Å². The summed E-state index contributed by atoms with van der Waals surface area (Å²) in [7, 11) is 0. The summed E-state index contributed by atoms with van der Waals surface area (Å²) < 4.78 is 0. The Morgan fingerprint density at radius 3 is 3.20 bits per heavy atom. The van der Waals surface area contributed by atoms with Gasteiger partial charge in [0.1, 0.15) is 16.4 Å². The highest BCUT2D eigenvalue weighted by molar-refractivity contribution is 8.00. The Morgan fingerprint density at radius 1 is 1.45 bits per heavy atom. The van der Waals surface area contributed by atoms with Crippen LogP contribution in [0.15, 0.2) is 16.4 Å². The standard InChI is InChI=1S/C15H19N3S2/c1-10-4-5-11-12(8-10)20-15-13(11)14(17-9-18-15)19-7-3-2-6-16/h9-12H,2-5,7-8H2,1H3. The molecule has 0 bridgehead atoms. The number of rotatable bonds is 4. The summed E-state index contributed by atoms with van der Waals surface area (Å²) in [4.78, 5) is 9.01. The van der Waals surface area contributed by atoms with Crippen molar-refractivity contribution in [1.82, 2.24) is 9.97 Å². The number of thioether (sulfide) groups is 2. The van der Waals surface area contributed by atoms with E-state index in [1.165, 1.54) is 34.9 Å². The molecule has 0 saturated heterocycles. The number of aromatic nitrogens is 2. The van der Waals surface area contributed by atoms with Gasteiger partial charge in [0.2, 0.25) is 0 Å². The van der Waals surface area contributed by atoms with Crippen molar-refractivity contribution in [2.24, 2.45) is 5.92 Å². The summed E-state index contributed by atoms with van der Waals surface area (Å²) in [5, 5.41) is 11.7. The number of hydrogen-bond acceptors (Lipinski definition) is 5. The SMILES string of the molecule is CC1CCC2c3c(SCCCC#N)ncnc3SC2C1. The van der Waals surface area contributed by atoms with E-state index in [9.17, 15) is 0 Å². The Balaban J connectivity index is 1.76. The van der Waals surface area contributed by atoms with Gasteiger partial charge in [-0.1, -0.05) is 13.3 Å². The first-order valence-corrected chi connectivity index (χ1v) is 9.17. The number of hydrogen-bond donors (Lipinski definition) is 0. The van der Waals surface area contributed by atoms with Gasteiger partial charge in [0.05, 0.1) is 6.07 Å². The minimum Gasteiger partial charge on any atom is -0.230 e. The highest BCUT2D eigenvalue weighted by atomic mass is 32.2. The molecule has 1 saturated carbocycles. The first-order chi connectivity index (χ1) is 9.79. The molecular formula is C15H19N3S2. The van der Waals surface area contributed by atoms with Gasteiger partial charge in [-0.25, -0.2) is 9.97 Å². The number of nitrogens with zero attached hydrogens (tertiary/aromatic N) is 3. The first kappa shape index (κ1) is 14.2. The van der Waals surface area contributed by atoms with Crippen molar-refractivity contribution in [1.29, 1.82) is 5.26 Å².